The molecule has 28 heavy (non-hydrogen) atoms. The summed E-state index contributed by atoms with van der Waals surface area (Å²) >= 11 is 0. The fourth-order valence-corrected chi connectivity index (χ4v) is 3.45. The summed E-state index contributed by atoms with van der Waals surface area (Å²) in [4.78, 5) is 34.3. The quantitative estimate of drug-likeness (QED) is 0.542. The summed E-state index contributed by atoms with van der Waals surface area (Å²) in [6.45, 7) is 0.812. The molecule has 0 atom stereocenters. The van der Waals surface area contributed by atoms with Crippen LogP contribution in [-0.2, 0) is 10.2 Å². The lowest BCUT2D eigenvalue weighted by Crippen LogP contribution is -2.46. The monoisotopic (exact) mass is 381 g/mol. The number of nitrogens with one attached hydrogen (secondary N) is 2. The first-order valence-corrected chi connectivity index (χ1v) is 9.35. The van der Waals surface area contributed by atoms with E-state index in [1.165, 1.54) is 29.8 Å². The molecule has 0 aliphatic heterocycles. The Hall–Kier alpha value is -3.22. The smallest absolute Gasteiger partial charge is 0.269 e. The Morgan fingerprint density at radius 2 is 1.68 bits per heavy atom. The molecule has 2 aromatic rings. The van der Waals surface area contributed by atoms with Gasteiger partial charge in [0.25, 0.3) is 11.6 Å². The number of amides is 2. The van der Waals surface area contributed by atoms with E-state index in [1.54, 1.807) is 0 Å². The zero-order chi connectivity index (χ0) is 20.0. The van der Waals surface area contributed by atoms with E-state index in [1.807, 2.05) is 18.2 Å². The zero-order valence-electron chi connectivity index (χ0n) is 15.5. The second-order valence-electron chi connectivity index (χ2n) is 7.09. The Labute approximate surface area is 163 Å². The molecule has 146 valence electrons. The van der Waals surface area contributed by atoms with Crippen molar-refractivity contribution in [3.63, 3.8) is 0 Å². The SMILES string of the molecule is O=C(CCNC(=O)c1ccc([N+](=O)[O-])cc1)NCC1(c2ccccc2)CCC1. The first-order chi connectivity index (χ1) is 13.5. The van der Waals surface area contributed by atoms with Gasteiger partial charge in [-0.3, -0.25) is 19.7 Å². The number of nitro benzene ring substituents is 1. The zero-order valence-corrected chi connectivity index (χ0v) is 15.5. The highest BCUT2D eigenvalue weighted by atomic mass is 16.6. The first-order valence-electron chi connectivity index (χ1n) is 9.35. The van der Waals surface area contributed by atoms with Gasteiger partial charge >= 0.3 is 0 Å². The summed E-state index contributed by atoms with van der Waals surface area (Å²) in [5.41, 5.74) is 1.54. The molecule has 2 aromatic carbocycles. The van der Waals surface area contributed by atoms with Crippen LogP contribution < -0.4 is 10.6 Å². The van der Waals surface area contributed by atoms with E-state index in [2.05, 4.69) is 22.8 Å². The summed E-state index contributed by atoms with van der Waals surface area (Å²) in [6.07, 6.45) is 3.47. The summed E-state index contributed by atoms with van der Waals surface area (Å²) < 4.78 is 0. The molecule has 7 heteroatoms. The lowest BCUT2D eigenvalue weighted by molar-refractivity contribution is -0.384. The number of non-ortho nitro benzene ring substituents is 1. The van der Waals surface area contributed by atoms with Crippen molar-refractivity contribution in [3.8, 4) is 0 Å². The Kier molecular flexibility index (Phi) is 6.03. The highest BCUT2D eigenvalue weighted by Crippen LogP contribution is 2.43. The van der Waals surface area contributed by atoms with Gasteiger partial charge in [0.1, 0.15) is 0 Å². The molecule has 3 rings (SSSR count). The summed E-state index contributed by atoms with van der Waals surface area (Å²) in [5.74, 6) is -0.464. The Morgan fingerprint density at radius 3 is 2.25 bits per heavy atom. The number of benzene rings is 2. The van der Waals surface area contributed by atoms with Crippen LogP contribution in [0.25, 0.3) is 0 Å². The van der Waals surface area contributed by atoms with Gasteiger partial charge in [-0.2, -0.15) is 0 Å². The van der Waals surface area contributed by atoms with E-state index in [4.69, 9.17) is 0 Å². The van der Waals surface area contributed by atoms with E-state index in [0.29, 0.717) is 12.1 Å². The van der Waals surface area contributed by atoms with Gasteiger partial charge in [0.15, 0.2) is 0 Å². The van der Waals surface area contributed by atoms with Crippen molar-refractivity contribution >= 4 is 17.5 Å². The van der Waals surface area contributed by atoms with E-state index >= 15 is 0 Å². The molecule has 0 saturated heterocycles. The number of hydrogen-bond acceptors (Lipinski definition) is 4. The van der Waals surface area contributed by atoms with Crippen LogP contribution in [-0.4, -0.2) is 29.8 Å². The number of carbonyl (C=O) groups excluding carboxylic acids is 2. The molecular formula is C21H23N3O4. The van der Waals surface area contributed by atoms with E-state index in [9.17, 15) is 19.7 Å². The second kappa shape index (κ2) is 8.65. The average molecular weight is 381 g/mol. The molecule has 7 nitrogen and oxygen atoms in total. The van der Waals surface area contributed by atoms with Gasteiger partial charge < -0.3 is 10.6 Å². The average Bonchev–Trinajstić information content (AvgIpc) is 2.68. The molecule has 1 fully saturated rings. The van der Waals surface area contributed by atoms with Gasteiger partial charge in [-0.25, -0.2) is 0 Å². The molecule has 1 aliphatic rings. The third-order valence-corrected chi connectivity index (χ3v) is 5.30. The normalized spacial score (nSPS) is 14.6. The van der Waals surface area contributed by atoms with Crippen molar-refractivity contribution in [2.75, 3.05) is 13.1 Å². The van der Waals surface area contributed by atoms with Crippen LogP contribution in [0.3, 0.4) is 0 Å². The van der Waals surface area contributed by atoms with Crippen LogP contribution in [0.4, 0.5) is 5.69 Å². The minimum Gasteiger partial charge on any atom is -0.355 e. The summed E-state index contributed by atoms with van der Waals surface area (Å²) in [6, 6.07) is 15.6. The predicted molar refractivity (Wildman–Crippen MR) is 105 cm³/mol. The predicted octanol–water partition coefficient (Wildman–Crippen LogP) is 2.95. The molecule has 0 unspecified atom stereocenters. The molecular weight excluding hydrogens is 358 g/mol. The highest BCUT2D eigenvalue weighted by molar-refractivity contribution is 5.94. The van der Waals surface area contributed by atoms with Crippen LogP contribution in [0.1, 0.15) is 41.6 Å². The fraction of sp³-hybridized carbons (Fsp3) is 0.333. The molecule has 0 aromatic heterocycles. The van der Waals surface area contributed by atoms with Crippen molar-refractivity contribution in [1.82, 2.24) is 10.6 Å². The second-order valence-corrected chi connectivity index (χ2v) is 7.09. The van der Waals surface area contributed by atoms with Crippen molar-refractivity contribution in [2.45, 2.75) is 31.1 Å². The Bertz CT molecular complexity index is 846. The number of nitro groups is 1. The van der Waals surface area contributed by atoms with Gasteiger partial charge in [-0.05, 0) is 30.5 Å². The first kappa shape index (κ1) is 19.5. The molecule has 0 heterocycles. The Morgan fingerprint density at radius 1 is 1.00 bits per heavy atom. The standard InChI is InChI=1S/C21H23N3O4/c25-19(23-15-21(12-4-13-21)17-5-2-1-3-6-17)11-14-22-20(26)16-7-9-18(10-8-16)24(27)28/h1-3,5-10H,4,11-15H2,(H,22,26)(H,23,25). The van der Waals surface area contributed by atoms with Gasteiger partial charge in [-0.1, -0.05) is 36.8 Å². The van der Waals surface area contributed by atoms with Crippen LogP contribution >= 0.6 is 0 Å². The maximum Gasteiger partial charge on any atom is 0.269 e. The Balaban J connectivity index is 1.43. The minimum absolute atomic E-state index is 0.0267. The van der Waals surface area contributed by atoms with Gasteiger partial charge in [0, 0.05) is 42.6 Å². The molecule has 1 saturated carbocycles. The highest BCUT2D eigenvalue weighted by Gasteiger charge is 2.38. The van der Waals surface area contributed by atoms with Crippen LogP contribution in [0.5, 0.6) is 0 Å². The maximum atomic E-state index is 12.2. The van der Waals surface area contributed by atoms with Gasteiger partial charge in [0.2, 0.25) is 5.91 Å². The van der Waals surface area contributed by atoms with Crippen molar-refractivity contribution < 1.29 is 14.5 Å². The number of carbonyl (C=O) groups is 2. The third kappa shape index (κ3) is 4.54. The molecule has 0 spiro atoms. The van der Waals surface area contributed by atoms with Gasteiger partial charge in [-0.15, -0.1) is 0 Å². The summed E-state index contributed by atoms with van der Waals surface area (Å²) in [5, 5.41) is 16.3. The molecule has 1 aliphatic carbocycles. The van der Waals surface area contributed by atoms with E-state index < -0.39 is 4.92 Å². The largest absolute Gasteiger partial charge is 0.355 e. The third-order valence-electron chi connectivity index (χ3n) is 5.30. The van der Waals surface area contributed by atoms with E-state index in [-0.39, 0.29) is 35.9 Å². The number of hydrogen-bond donors (Lipinski definition) is 2. The van der Waals surface area contributed by atoms with Crippen molar-refractivity contribution in [1.29, 1.82) is 0 Å². The van der Waals surface area contributed by atoms with Crippen LogP contribution in [0.2, 0.25) is 0 Å². The topological polar surface area (TPSA) is 101 Å². The minimum atomic E-state index is -0.518. The molecule has 0 bridgehead atoms. The number of nitrogens with zero attached hydrogens (tertiary/aromatic N) is 1. The fourth-order valence-electron chi connectivity index (χ4n) is 3.45. The lowest BCUT2D eigenvalue weighted by Gasteiger charge is -2.42. The van der Waals surface area contributed by atoms with Gasteiger partial charge in [0.05, 0.1) is 4.92 Å². The molecule has 2 N–H and O–H groups in total. The van der Waals surface area contributed by atoms with Crippen LogP contribution in [0.15, 0.2) is 54.6 Å². The van der Waals surface area contributed by atoms with Crippen molar-refractivity contribution in [2.24, 2.45) is 0 Å². The molecule has 2 amide bonds. The van der Waals surface area contributed by atoms with E-state index in [0.717, 1.165) is 19.3 Å². The van der Waals surface area contributed by atoms with Crippen molar-refractivity contribution in [3.05, 3.63) is 75.8 Å². The maximum absolute atomic E-state index is 12.2. The van der Waals surface area contributed by atoms with Crippen LogP contribution in [0, 0.1) is 10.1 Å². The summed E-state index contributed by atoms with van der Waals surface area (Å²) in [7, 11) is 0. The number of rotatable bonds is 8. The lowest BCUT2D eigenvalue weighted by atomic mass is 9.64. The molecule has 0 radical (unpaired) electrons.